The Hall–Kier alpha value is -2.05. The van der Waals surface area contributed by atoms with Gasteiger partial charge in [0.05, 0.1) is 6.61 Å². The van der Waals surface area contributed by atoms with E-state index in [0.717, 1.165) is 31.4 Å². The molecule has 0 fully saturated rings. The van der Waals surface area contributed by atoms with Gasteiger partial charge in [-0.3, -0.25) is 9.59 Å². The van der Waals surface area contributed by atoms with Gasteiger partial charge in [0, 0.05) is 12.8 Å². The Morgan fingerprint density at radius 2 is 1.28 bits per heavy atom. The first-order chi connectivity index (χ1) is 13.9. The highest BCUT2D eigenvalue weighted by molar-refractivity contribution is 5.72. The highest BCUT2D eigenvalue weighted by Crippen LogP contribution is 2.15. The van der Waals surface area contributed by atoms with Crippen LogP contribution in [0.4, 0.5) is 13.2 Å². The van der Waals surface area contributed by atoms with Crippen LogP contribution in [-0.4, -0.2) is 18.5 Å². The number of ether oxygens (including phenoxy) is 2. The van der Waals surface area contributed by atoms with E-state index in [-0.39, 0.29) is 37.4 Å². The van der Waals surface area contributed by atoms with E-state index in [9.17, 15) is 22.8 Å². The number of unbranched alkanes of at least 4 members (excludes halogenated alkanes) is 7. The lowest BCUT2D eigenvalue weighted by molar-refractivity contribution is -0.146. The standard InChI is InChI=1S/C22H31F3O4/c1-2-3-4-5-6-7-8-9-13-28-20(26)11-10-12-21(27)29-16-17-14-18(23)22(25)19(24)15-17/h14-15H,2-13,16H2,1H3. The number of hydrogen-bond acceptors (Lipinski definition) is 4. The molecule has 0 bridgehead atoms. The second kappa shape index (κ2) is 14.9. The molecule has 0 aliphatic carbocycles. The van der Waals surface area contributed by atoms with E-state index in [1.54, 1.807) is 0 Å². The number of carbonyl (C=O) groups is 2. The van der Waals surface area contributed by atoms with Crippen LogP contribution in [0.3, 0.4) is 0 Å². The molecule has 29 heavy (non-hydrogen) atoms. The summed E-state index contributed by atoms with van der Waals surface area (Å²) in [6.07, 6.45) is 9.66. The molecule has 0 saturated carbocycles. The largest absolute Gasteiger partial charge is 0.466 e. The molecular weight excluding hydrogens is 385 g/mol. The average molecular weight is 416 g/mol. The van der Waals surface area contributed by atoms with Crippen LogP contribution >= 0.6 is 0 Å². The molecule has 0 N–H and O–H groups in total. The topological polar surface area (TPSA) is 52.6 Å². The third-order valence-electron chi connectivity index (χ3n) is 4.47. The van der Waals surface area contributed by atoms with Gasteiger partial charge in [-0.05, 0) is 30.5 Å². The maximum Gasteiger partial charge on any atom is 0.306 e. The van der Waals surface area contributed by atoms with Crippen molar-refractivity contribution in [2.45, 2.75) is 84.2 Å². The lowest BCUT2D eigenvalue weighted by atomic mass is 10.1. The highest BCUT2D eigenvalue weighted by Gasteiger charge is 2.12. The smallest absolute Gasteiger partial charge is 0.306 e. The summed E-state index contributed by atoms with van der Waals surface area (Å²) in [6, 6.07) is 1.54. The van der Waals surface area contributed by atoms with E-state index in [4.69, 9.17) is 9.47 Å². The van der Waals surface area contributed by atoms with Crippen LogP contribution in [0.15, 0.2) is 12.1 Å². The molecule has 0 amide bonds. The van der Waals surface area contributed by atoms with Crippen molar-refractivity contribution in [2.75, 3.05) is 6.61 Å². The molecule has 7 heteroatoms. The number of rotatable bonds is 15. The van der Waals surface area contributed by atoms with Crippen molar-refractivity contribution in [1.29, 1.82) is 0 Å². The third-order valence-corrected chi connectivity index (χ3v) is 4.47. The Balaban J connectivity index is 2.04. The zero-order valence-electron chi connectivity index (χ0n) is 17.1. The molecule has 0 aliphatic heterocycles. The summed E-state index contributed by atoms with van der Waals surface area (Å²) in [6.45, 7) is 2.21. The van der Waals surface area contributed by atoms with Crippen molar-refractivity contribution in [3.8, 4) is 0 Å². The summed E-state index contributed by atoms with van der Waals surface area (Å²) in [5.74, 6) is -5.20. The fourth-order valence-electron chi connectivity index (χ4n) is 2.80. The van der Waals surface area contributed by atoms with Gasteiger partial charge in [0.2, 0.25) is 0 Å². The number of carbonyl (C=O) groups excluding carboxylic acids is 2. The molecule has 0 aromatic heterocycles. The van der Waals surface area contributed by atoms with Crippen molar-refractivity contribution in [2.24, 2.45) is 0 Å². The average Bonchev–Trinajstić information content (AvgIpc) is 2.69. The summed E-state index contributed by atoms with van der Waals surface area (Å²) in [7, 11) is 0. The molecule has 0 unspecified atom stereocenters. The molecular formula is C22H31F3O4. The predicted molar refractivity (Wildman–Crippen MR) is 104 cm³/mol. The van der Waals surface area contributed by atoms with E-state index in [1.807, 2.05) is 0 Å². The third kappa shape index (κ3) is 11.5. The molecule has 1 aromatic carbocycles. The normalized spacial score (nSPS) is 10.8. The highest BCUT2D eigenvalue weighted by atomic mass is 19.2. The maximum atomic E-state index is 13.1. The van der Waals surface area contributed by atoms with Gasteiger partial charge < -0.3 is 9.47 Å². The number of halogens is 3. The van der Waals surface area contributed by atoms with Crippen LogP contribution in [0.2, 0.25) is 0 Å². The van der Waals surface area contributed by atoms with E-state index in [2.05, 4.69) is 6.92 Å². The van der Waals surface area contributed by atoms with Crippen molar-refractivity contribution in [1.82, 2.24) is 0 Å². The summed E-state index contributed by atoms with van der Waals surface area (Å²) in [4.78, 5) is 23.2. The molecule has 164 valence electrons. The minimum absolute atomic E-state index is 0.0134. The van der Waals surface area contributed by atoms with Crippen molar-refractivity contribution >= 4 is 11.9 Å². The Morgan fingerprint density at radius 3 is 1.86 bits per heavy atom. The fraction of sp³-hybridized carbons (Fsp3) is 0.636. The first-order valence-corrected chi connectivity index (χ1v) is 10.4. The van der Waals surface area contributed by atoms with E-state index >= 15 is 0 Å². The first kappa shape index (κ1) is 25.0. The number of hydrogen-bond donors (Lipinski definition) is 0. The molecule has 0 saturated heterocycles. The van der Waals surface area contributed by atoms with E-state index in [0.29, 0.717) is 6.61 Å². The second-order valence-corrected chi connectivity index (χ2v) is 7.08. The summed E-state index contributed by atoms with van der Waals surface area (Å²) in [5.41, 5.74) is 0.0134. The lowest BCUT2D eigenvalue weighted by Crippen LogP contribution is -2.09. The zero-order valence-corrected chi connectivity index (χ0v) is 17.1. The van der Waals surface area contributed by atoms with Crippen molar-refractivity contribution in [3.63, 3.8) is 0 Å². The first-order valence-electron chi connectivity index (χ1n) is 10.4. The molecule has 4 nitrogen and oxygen atoms in total. The Labute approximate surface area is 170 Å². The maximum absolute atomic E-state index is 13.1. The van der Waals surface area contributed by atoms with Gasteiger partial charge in [-0.1, -0.05) is 51.9 Å². The monoisotopic (exact) mass is 416 g/mol. The molecule has 1 aromatic rings. The van der Waals surface area contributed by atoms with Gasteiger partial charge in [0.15, 0.2) is 17.5 Å². The Kier molecular flexibility index (Phi) is 12.8. The quantitative estimate of drug-likeness (QED) is 0.200. The van der Waals surface area contributed by atoms with Crippen molar-refractivity contribution in [3.05, 3.63) is 35.1 Å². The van der Waals surface area contributed by atoms with Crippen LogP contribution in [-0.2, 0) is 25.7 Å². The Morgan fingerprint density at radius 1 is 0.759 bits per heavy atom. The predicted octanol–water partition coefficient (Wildman–Crippen LogP) is 6.00. The minimum atomic E-state index is -1.56. The van der Waals surface area contributed by atoms with Gasteiger partial charge in [0.1, 0.15) is 6.61 Å². The van der Waals surface area contributed by atoms with Gasteiger partial charge in [-0.25, -0.2) is 13.2 Å². The van der Waals surface area contributed by atoms with E-state index < -0.39 is 23.4 Å². The van der Waals surface area contributed by atoms with Gasteiger partial charge in [0.25, 0.3) is 0 Å². The lowest BCUT2D eigenvalue weighted by Gasteiger charge is -2.07. The Bertz CT molecular complexity index is 611. The van der Waals surface area contributed by atoms with Crippen LogP contribution in [0.1, 0.15) is 83.1 Å². The summed E-state index contributed by atoms with van der Waals surface area (Å²) >= 11 is 0. The van der Waals surface area contributed by atoms with Gasteiger partial charge >= 0.3 is 11.9 Å². The number of benzene rings is 1. The van der Waals surface area contributed by atoms with Gasteiger partial charge in [-0.2, -0.15) is 0 Å². The van der Waals surface area contributed by atoms with E-state index in [1.165, 1.54) is 32.1 Å². The molecule has 0 aliphatic rings. The van der Waals surface area contributed by atoms with Gasteiger partial charge in [-0.15, -0.1) is 0 Å². The summed E-state index contributed by atoms with van der Waals surface area (Å²) < 4.78 is 49.0. The SMILES string of the molecule is CCCCCCCCCCOC(=O)CCCC(=O)OCc1cc(F)c(F)c(F)c1. The molecule has 0 spiro atoms. The van der Waals surface area contributed by atoms with Crippen LogP contribution in [0, 0.1) is 17.5 Å². The van der Waals surface area contributed by atoms with Crippen LogP contribution in [0.25, 0.3) is 0 Å². The van der Waals surface area contributed by atoms with Crippen LogP contribution < -0.4 is 0 Å². The minimum Gasteiger partial charge on any atom is -0.466 e. The molecule has 0 atom stereocenters. The van der Waals surface area contributed by atoms with Crippen molar-refractivity contribution < 1.29 is 32.2 Å². The fourth-order valence-corrected chi connectivity index (χ4v) is 2.80. The van der Waals surface area contributed by atoms with Crippen LogP contribution in [0.5, 0.6) is 0 Å². The summed E-state index contributed by atoms with van der Waals surface area (Å²) in [5, 5.41) is 0. The molecule has 0 radical (unpaired) electrons. The zero-order chi connectivity index (χ0) is 21.5. The second-order valence-electron chi connectivity index (χ2n) is 7.08. The molecule has 0 heterocycles. The number of esters is 2. The molecule has 1 rings (SSSR count).